The van der Waals surface area contributed by atoms with Crippen LogP contribution in [0.3, 0.4) is 0 Å². The third-order valence-corrected chi connectivity index (χ3v) is 3.89. The maximum Gasteiger partial charge on any atom is 0.274 e. The van der Waals surface area contributed by atoms with E-state index >= 15 is 0 Å². The molecule has 0 aliphatic heterocycles. The van der Waals surface area contributed by atoms with Crippen LogP contribution in [0.4, 0.5) is 5.69 Å². The first-order valence-electron chi connectivity index (χ1n) is 7.95. The number of anilines is 1. The summed E-state index contributed by atoms with van der Waals surface area (Å²) in [6.45, 7) is 0.0345. The largest absolute Gasteiger partial charge is 0.471 e. The van der Waals surface area contributed by atoms with Crippen LogP contribution in [0.25, 0.3) is 0 Å². The SMILES string of the molecule is CNC(=O)c1nn(C)cc1NC(=O)c1ccnn1COc1ccc(Cl)cc1. The van der Waals surface area contributed by atoms with E-state index in [1.54, 1.807) is 43.6 Å². The van der Waals surface area contributed by atoms with Gasteiger partial charge in [0.25, 0.3) is 11.8 Å². The van der Waals surface area contributed by atoms with E-state index in [1.807, 2.05) is 0 Å². The smallest absolute Gasteiger partial charge is 0.274 e. The van der Waals surface area contributed by atoms with E-state index in [0.717, 1.165) is 0 Å². The number of hydrogen-bond donors (Lipinski definition) is 2. The van der Waals surface area contributed by atoms with Gasteiger partial charge in [0.15, 0.2) is 12.4 Å². The predicted molar refractivity (Wildman–Crippen MR) is 98.9 cm³/mol. The maximum absolute atomic E-state index is 12.6. The van der Waals surface area contributed by atoms with E-state index in [9.17, 15) is 9.59 Å². The fourth-order valence-electron chi connectivity index (χ4n) is 2.35. The van der Waals surface area contributed by atoms with Crippen molar-refractivity contribution in [2.24, 2.45) is 7.05 Å². The molecule has 2 aromatic heterocycles. The number of rotatable bonds is 6. The number of carbonyl (C=O) groups excluding carboxylic acids is 2. The maximum atomic E-state index is 12.6. The predicted octanol–water partition coefficient (Wildman–Crippen LogP) is 1.92. The van der Waals surface area contributed by atoms with Gasteiger partial charge in [0.2, 0.25) is 0 Å². The molecule has 0 bridgehead atoms. The third-order valence-electron chi connectivity index (χ3n) is 3.64. The first-order chi connectivity index (χ1) is 13.0. The average Bonchev–Trinajstić information content (AvgIpc) is 3.27. The molecular weight excluding hydrogens is 372 g/mol. The highest BCUT2D eigenvalue weighted by Crippen LogP contribution is 2.17. The second-order valence-electron chi connectivity index (χ2n) is 5.54. The summed E-state index contributed by atoms with van der Waals surface area (Å²) in [5.74, 6) is -0.244. The van der Waals surface area contributed by atoms with Gasteiger partial charge in [0, 0.05) is 31.5 Å². The molecule has 27 heavy (non-hydrogen) atoms. The van der Waals surface area contributed by atoms with Gasteiger partial charge in [-0.2, -0.15) is 10.2 Å². The first kappa shape index (κ1) is 18.5. The van der Waals surface area contributed by atoms with E-state index in [0.29, 0.717) is 16.5 Å². The quantitative estimate of drug-likeness (QED) is 0.671. The zero-order valence-electron chi connectivity index (χ0n) is 14.6. The standard InChI is InChI=1S/C17H17ClN6O3/c1-19-17(26)15-13(9-23(2)22-15)21-16(25)14-7-8-20-24(14)10-27-12-5-3-11(18)4-6-12/h3-9H,10H2,1-2H3,(H,19,26)(H,21,25). The van der Waals surface area contributed by atoms with Crippen molar-refractivity contribution in [3.05, 3.63) is 59.1 Å². The minimum absolute atomic E-state index is 0.0345. The van der Waals surface area contributed by atoms with E-state index in [4.69, 9.17) is 16.3 Å². The van der Waals surface area contributed by atoms with Crippen molar-refractivity contribution in [1.29, 1.82) is 0 Å². The summed E-state index contributed by atoms with van der Waals surface area (Å²) >= 11 is 5.84. The van der Waals surface area contributed by atoms with Crippen LogP contribution in [0.1, 0.15) is 21.0 Å². The molecule has 1 aromatic carbocycles. The van der Waals surface area contributed by atoms with E-state index < -0.39 is 11.8 Å². The Morgan fingerprint density at radius 2 is 1.93 bits per heavy atom. The van der Waals surface area contributed by atoms with Gasteiger partial charge in [-0.25, -0.2) is 4.68 Å². The highest BCUT2D eigenvalue weighted by atomic mass is 35.5. The fraction of sp³-hybridized carbons (Fsp3) is 0.176. The Labute approximate surface area is 159 Å². The molecule has 0 aliphatic rings. The number of halogens is 1. The Kier molecular flexibility index (Phi) is 5.41. The van der Waals surface area contributed by atoms with E-state index in [-0.39, 0.29) is 18.1 Å². The second kappa shape index (κ2) is 7.92. The van der Waals surface area contributed by atoms with Crippen molar-refractivity contribution in [1.82, 2.24) is 24.9 Å². The molecule has 0 aliphatic carbocycles. The molecule has 9 nitrogen and oxygen atoms in total. The van der Waals surface area contributed by atoms with E-state index in [1.165, 1.54) is 22.6 Å². The molecular formula is C17H17ClN6O3. The minimum Gasteiger partial charge on any atom is -0.471 e. The number of carbonyl (C=O) groups is 2. The lowest BCUT2D eigenvalue weighted by Crippen LogP contribution is -2.23. The molecule has 3 rings (SSSR count). The topological polar surface area (TPSA) is 103 Å². The highest BCUT2D eigenvalue weighted by molar-refractivity contribution is 6.30. The zero-order chi connectivity index (χ0) is 19.4. The minimum atomic E-state index is -0.439. The molecule has 2 amide bonds. The summed E-state index contributed by atoms with van der Waals surface area (Å²) in [6.07, 6.45) is 3.04. The van der Waals surface area contributed by atoms with Crippen molar-refractivity contribution < 1.29 is 14.3 Å². The number of benzene rings is 1. The van der Waals surface area contributed by atoms with Crippen LogP contribution in [0.2, 0.25) is 5.02 Å². The van der Waals surface area contributed by atoms with Gasteiger partial charge in [-0.05, 0) is 30.3 Å². The molecule has 0 saturated heterocycles. The van der Waals surface area contributed by atoms with Crippen molar-refractivity contribution >= 4 is 29.1 Å². The number of nitrogens with zero attached hydrogens (tertiary/aromatic N) is 4. The summed E-state index contributed by atoms with van der Waals surface area (Å²) in [4.78, 5) is 24.5. The number of nitrogens with one attached hydrogen (secondary N) is 2. The number of hydrogen-bond acceptors (Lipinski definition) is 5. The lowest BCUT2D eigenvalue weighted by Gasteiger charge is -2.10. The first-order valence-corrected chi connectivity index (χ1v) is 8.33. The Morgan fingerprint density at radius 3 is 2.63 bits per heavy atom. The van der Waals surface area contributed by atoms with Crippen molar-refractivity contribution in [3.8, 4) is 5.75 Å². The summed E-state index contributed by atoms with van der Waals surface area (Å²) in [5, 5.41) is 13.9. The summed E-state index contributed by atoms with van der Waals surface area (Å²) in [5.41, 5.74) is 0.695. The Morgan fingerprint density at radius 1 is 1.19 bits per heavy atom. The van der Waals surface area contributed by atoms with Crippen LogP contribution in [0.5, 0.6) is 5.75 Å². The van der Waals surface area contributed by atoms with Crippen LogP contribution in [0.15, 0.2) is 42.7 Å². The van der Waals surface area contributed by atoms with Crippen molar-refractivity contribution in [2.75, 3.05) is 12.4 Å². The van der Waals surface area contributed by atoms with Crippen LogP contribution >= 0.6 is 11.6 Å². The Hall–Kier alpha value is -3.33. The summed E-state index contributed by atoms with van der Waals surface area (Å²) in [7, 11) is 3.15. The van der Waals surface area contributed by atoms with Crippen LogP contribution < -0.4 is 15.4 Å². The molecule has 0 spiro atoms. The Bertz CT molecular complexity index is 963. The third kappa shape index (κ3) is 4.26. The molecule has 10 heteroatoms. The normalized spacial score (nSPS) is 10.5. The average molecular weight is 389 g/mol. The number of amides is 2. The lowest BCUT2D eigenvalue weighted by molar-refractivity contribution is 0.0958. The fourth-order valence-corrected chi connectivity index (χ4v) is 2.47. The molecule has 2 heterocycles. The van der Waals surface area contributed by atoms with Crippen LogP contribution in [-0.4, -0.2) is 38.4 Å². The molecule has 0 fully saturated rings. The Balaban J connectivity index is 1.72. The van der Waals surface area contributed by atoms with Crippen LogP contribution in [-0.2, 0) is 13.8 Å². The molecule has 0 unspecified atom stereocenters. The van der Waals surface area contributed by atoms with Crippen molar-refractivity contribution in [2.45, 2.75) is 6.73 Å². The molecule has 140 valence electrons. The van der Waals surface area contributed by atoms with Gasteiger partial charge >= 0.3 is 0 Å². The van der Waals surface area contributed by atoms with Gasteiger partial charge in [-0.15, -0.1) is 0 Å². The number of ether oxygens (including phenoxy) is 1. The molecule has 2 N–H and O–H groups in total. The molecule has 0 radical (unpaired) electrons. The summed E-state index contributed by atoms with van der Waals surface area (Å²) < 4.78 is 8.46. The second-order valence-corrected chi connectivity index (χ2v) is 5.98. The molecule has 3 aromatic rings. The van der Waals surface area contributed by atoms with Gasteiger partial charge in [-0.1, -0.05) is 11.6 Å². The number of aromatic nitrogens is 4. The monoisotopic (exact) mass is 388 g/mol. The van der Waals surface area contributed by atoms with Gasteiger partial charge in [-0.3, -0.25) is 14.3 Å². The van der Waals surface area contributed by atoms with Gasteiger partial charge in [0.1, 0.15) is 11.4 Å². The van der Waals surface area contributed by atoms with Crippen LogP contribution in [0, 0.1) is 0 Å². The van der Waals surface area contributed by atoms with Gasteiger partial charge in [0.05, 0.1) is 5.69 Å². The van der Waals surface area contributed by atoms with Crippen molar-refractivity contribution in [3.63, 3.8) is 0 Å². The molecule has 0 saturated carbocycles. The van der Waals surface area contributed by atoms with E-state index in [2.05, 4.69) is 20.8 Å². The zero-order valence-corrected chi connectivity index (χ0v) is 15.4. The summed E-state index contributed by atoms with van der Waals surface area (Å²) in [6, 6.07) is 8.40. The van der Waals surface area contributed by atoms with Gasteiger partial charge < -0.3 is 15.4 Å². The number of aryl methyl sites for hydroxylation is 1. The lowest BCUT2D eigenvalue weighted by atomic mass is 10.3. The molecule has 0 atom stereocenters. The highest BCUT2D eigenvalue weighted by Gasteiger charge is 2.19.